The third kappa shape index (κ3) is 4.20. The van der Waals surface area contributed by atoms with E-state index >= 15 is 0 Å². The average Bonchev–Trinajstić information content (AvgIpc) is 2.37. The fourth-order valence-electron chi connectivity index (χ4n) is 1.45. The van der Waals surface area contributed by atoms with E-state index in [4.69, 9.17) is 16.3 Å². The molecular weight excluding hydrogens is 254 g/mol. The van der Waals surface area contributed by atoms with Crippen LogP contribution >= 0.6 is 11.6 Å². The molecule has 1 unspecified atom stereocenters. The maximum Gasteiger partial charge on any atom is 0.338 e. The Kier molecular flexibility index (Phi) is 5.95. The molecule has 0 radical (unpaired) electrons. The molecule has 0 aromatic heterocycles. The van der Waals surface area contributed by atoms with Crippen LogP contribution in [0.1, 0.15) is 22.8 Å². The lowest BCUT2D eigenvalue weighted by Gasteiger charge is -2.12. The Morgan fingerprint density at radius 3 is 2.89 bits per heavy atom. The molecule has 2 N–H and O–H groups in total. The maximum absolute atomic E-state index is 11.7. The number of halogens is 1. The Hall–Kier alpha value is -1.26. The minimum absolute atomic E-state index is 0.170. The lowest BCUT2D eigenvalue weighted by molar-refractivity contribution is 0.0525. The Morgan fingerprint density at radius 2 is 2.28 bits per heavy atom. The van der Waals surface area contributed by atoms with Crippen molar-refractivity contribution in [2.45, 2.75) is 20.0 Å². The van der Waals surface area contributed by atoms with Gasteiger partial charge in [-0.15, -0.1) is 11.6 Å². The molecule has 1 atom stereocenters. The summed E-state index contributed by atoms with van der Waals surface area (Å²) < 4.78 is 4.97. The Bertz CT molecular complexity index is 409. The molecule has 1 rings (SSSR count). The minimum atomic E-state index is -0.612. The van der Waals surface area contributed by atoms with Crippen LogP contribution in [0.3, 0.4) is 0 Å². The van der Waals surface area contributed by atoms with E-state index < -0.39 is 6.10 Å². The number of carbonyl (C=O) groups is 1. The van der Waals surface area contributed by atoms with Gasteiger partial charge in [-0.25, -0.2) is 4.79 Å². The first-order chi connectivity index (χ1) is 8.58. The number of carbonyl (C=O) groups excluding carboxylic acids is 1. The van der Waals surface area contributed by atoms with E-state index in [0.29, 0.717) is 18.7 Å². The molecule has 0 bridgehead atoms. The molecule has 1 aromatic rings. The molecule has 0 spiro atoms. The van der Waals surface area contributed by atoms with Crippen LogP contribution < -0.4 is 5.32 Å². The van der Waals surface area contributed by atoms with Crippen LogP contribution in [0.5, 0.6) is 0 Å². The summed E-state index contributed by atoms with van der Waals surface area (Å²) in [6.45, 7) is 4.31. The molecule has 0 amide bonds. The number of aliphatic hydroxyl groups is 1. The highest BCUT2D eigenvalue weighted by molar-refractivity contribution is 6.18. The highest BCUT2D eigenvalue weighted by Crippen LogP contribution is 2.16. The van der Waals surface area contributed by atoms with Crippen LogP contribution in [0.2, 0.25) is 0 Å². The van der Waals surface area contributed by atoms with Gasteiger partial charge in [0.05, 0.1) is 24.2 Å². The summed E-state index contributed by atoms with van der Waals surface area (Å²) in [5.41, 5.74) is 2.15. The number of aliphatic hydroxyl groups excluding tert-OH is 1. The quantitative estimate of drug-likeness (QED) is 0.615. The number of ether oxygens (including phenoxy) is 1. The summed E-state index contributed by atoms with van der Waals surface area (Å²) in [6, 6.07) is 5.40. The van der Waals surface area contributed by atoms with Crippen molar-refractivity contribution in [1.82, 2.24) is 0 Å². The lowest BCUT2D eigenvalue weighted by atomic mass is 10.1. The fraction of sp³-hybridized carbons (Fsp3) is 0.462. The number of hydrogen-bond acceptors (Lipinski definition) is 4. The zero-order chi connectivity index (χ0) is 13.5. The molecule has 0 saturated carbocycles. The molecule has 0 aliphatic rings. The number of alkyl halides is 1. The normalized spacial score (nSPS) is 12.0. The van der Waals surface area contributed by atoms with E-state index in [1.165, 1.54) is 0 Å². The number of hydrogen-bond donors (Lipinski definition) is 2. The van der Waals surface area contributed by atoms with Gasteiger partial charge in [-0.3, -0.25) is 0 Å². The Morgan fingerprint density at radius 1 is 1.56 bits per heavy atom. The summed E-state index contributed by atoms with van der Waals surface area (Å²) in [5.74, 6) is -0.166. The number of rotatable bonds is 6. The predicted octanol–water partition coefficient (Wildman–Crippen LogP) is 2.18. The number of aryl methyl sites for hydroxylation is 1. The van der Waals surface area contributed by atoms with Crippen molar-refractivity contribution in [2.75, 3.05) is 24.3 Å². The van der Waals surface area contributed by atoms with Crippen molar-refractivity contribution in [1.29, 1.82) is 0 Å². The van der Waals surface area contributed by atoms with Crippen LogP contribution in [0.4, 0.5) is 5.69 Å². The first-order valence-corrected chi connectivity index (χ1v) is 6.37. The molecule has 18 heavy (non-hydrogen) atoms. The second kappa shape index (κ2) is 7.24. The second-order valence-electron chi connectivity index (χ2n) is 3.94. The molecule has 0 aliphatic heterocycles. The van der Waals surface area contributed by atoms with E-state index in [9.17, 15) is 9.90 Å². The van der Waals surface area contributed by atoms with E-state index in [2.05, 4.69) is 5.32 Å². The number of nitrogens with one attached hydrogen (secondary N) is 1. The molecule has 100 valence electrons. The smallest absolute Gasteiger partial charge is 0.338 e. The monoisotopic (exact) mass is 271 g/mol. The SMILES string of the molecule is CCOC(=O)c1cc(NCC(O)CCl)ccc1C. The van der Waals surface area contributed by atoms with Gasteiger partial charge in [0, 0.05) is 12.2 Å². The van der Waals surface area contributed by atoms with E-state index in [-0.39, 0.29) is 11.8 Å². The summed E-state index contributed by atoms with van der Waals surface area (Å²) in [5, 5.41) is 12.4. The standard InChI is InChI=1S/C13H18ClNO3/c1-3-18-13(17)12-6-10(5-4-9(12)2)15-8-11(16)7-14/h4-6,11,15-16H,3,7-8H2,1-2H3. The van der Waals surface area contributed by atoms with Gasteiger partial charge in [0.25, 0.3) is 0 Å². The van der Waals surface area contributed by atoms with Gasteiger partial charge < -0.3 is 15.2 Å². The summed E-state index contributed by atoms with van der Waals surface area (Å²) in [4.78, 5) is 11.7. The first kappa shape index (κ1) is 14.8. The highest BCUT2D eigenvalue weighted by atomic mass is 35.5. The zero-order valence-corrected chi connectivity index (χ0v) is 11.3. The van der Waals surface area contributed by atoms with Crippen LogP contribution in [0.15, 0.2) is 18.2 Å². The Labute approximate surface area is 112 Å². The van der Waals surface area contributed by atoms with Gasteiger partial charge in [-0.2, -0.15) is 0 Å². The minimum Gasteiger partial charge on any atom is -0.462 e. The van der Waals surface area contributed by atoms with Crippen molar-refractivity contribution in [2.24, 2.45) is 0 Å². The molecule has 0 heterocycles. The van der Waals surface area contributed by atoms with Gasteiger partial charge in [0.2, 0.25) is 0 Å². The van der Waals surface area contributed by atoms with Crippen LogP contribution in [0, 0.1) is 6.92 Å². The summed E-state index contributed by atoms with van der Waals surface area (Å²) in [7, 11) is 0. The van der Waals surface area contributed by atoms with Crippen molar-refractivity contribution in [3.05, 3.63) is 29.3 Å². The molecule has 0 fully saturated rings. The number of anilines is 1. The van der Waals surface area contributed by atoms with Crippen molar-refractivity contribution in [3.8, 4) is 0 Å². The van der Waals surface area contributed by atoms with Crippen LogP contribution in [-0.2, 0) is 4.74 Å². The molecule has 5 heteroatoms. The number of benzene rings is 1. The number of esters is 1. The largest absolute Gasteiger partial charge is 0.462 e. The van der Waals surface area contributed by atoms with Crippen LogP contribution in [0.25, 0.3) is 0 Å². The molecule has 0 saturated heterocycles. The molecule has 1 aromatic carbocycles. The van der Waals surface area contributed by atoms with Gasteiger partial charge in [-0.1, -0.05) is 6.07 Å². The summed E-state index contributed by atoms with van der Waals surface area (Å²) in [6.07, 6.45) is -0.612. The second-order valence-corrected chi connectivity index (χ2v) is 4.25. The zero-order valence-electron chi connectivity index (χ0n) is 10.6. The maximum atomic E-state index is 11.7. The topological polar surface area (TPSA) is 58.6 Å². The summed E-state index contributed by atoms with van der Waals surface area (Å²) >= 11 is 5.50. The van der Waals surface area contributed by atoms with Gasteiger partial charge in [0.15, 0.2) is 0 Å². The molecule has 0 aliphatic carbocycles. The van der Waals surface area contributed by atoms with Crippen molar-refractivity contribution < 1.29 is 14.6 Å². The molecular formula is C13H18ClNO3. The van der Waals surface area contributed by atoms with Gasteiger partial charge in [-0.05, 0) is 31.5 Å². The van der Waals surface area contributed by atoms with E-state index in [0.717, 1.165) is 11.3 Å². The van der Waals surface area contributed by atoms with Crippen molar-refractivity contribution in [3.63, 3.8) is 0 Å². The molecule has 4 nitrogen and oxygen atoms in total. The fourth-order valence-corrected chi connectivity index (χ4v) is 1.56. The lowest BCUT2D eigenvalue weighted by Crippen LogP contribution is -2.21. The Balaban J connectivity index is 2.77. The third-order valence-electron chi connectivity index (χ3n) is 2.45. The van der Waals surface area contributed by atoms with E-state index in [1.54, 1.807) is 13.0 Å². The highest BCUT2D eigenvalue weighted by Gasteiger charge is 2.11. The predicted molar refractivity (Wildman–Crippen MR) is 72.4 cm³/mol. The third-order valence-corrected chi connectivity index (χ3v) is 2.81. The van der Waals surface area contributed by atoms with E-state index in [1.807, 2.05) is 19.1 Å². The van der Waals surface area contributed by atoms with Crippen molar-refractivity contribution >= 4 is 23.3 Å². The average molecular weight is 272 g/mol. The van der Waals surface area contributed by atoms with Crippen LogP contribution in [-0.4, -0.2) is 36.2 Å². The van der Waals surface area contributed by atoms with Gasteiger partial charge >= 0.3 is 5.97 Å². The van der Waals surface area contributed by atoms with Gasteiger partial charge in [0.1, 0.15) is 0 Å². The first-order valence-electron chi connectivity index (χ1n) is 5.84.